The van der Waals surface area contributed by atoms with Crippen LogP contribution < -0.4 is 11.1 Å². The molecule has 1 aromatic carbocycles. The molecule has 5 nitrogen and oxygen atoms in total. The largest absolute Gasteiger partial charge is 0.383 e. The summed E-state index contributed by atoms with van der Waals surface area (Å²) in [6, 6.07) is 6.70. The average Bonchev–Trinajstić information content (AvgIpc) is 2.94. The predicted molar refractivity (Wildman–Crippen MR) is 108 cm³/mol. The highest BCUT2D eigenvalue weighted by atomic mass is 127. The molecule has 1 unspecified atom stereocenters. The predicted octanol–water partition coefficient (Wildman–Crippen LogP) is 2.76. The maximum Gasteiger partial charge on any atom is 0.193 e. The summed E-state index contributed by atoms with van der Waals surface area (Å²) in [4.78, 5) is 6.95. The summed E-state index contributed by atoms with van der Waals surface area (Å²) in [5, 5.41) is 3.18. The van der Waals surface area contributed by atoms with Crippen LogP contribution in [0.2, 0.25) is 0 Å². The van der Waals surface area contributed by atoms with Gasteiger partial charge in [0.2, 0.25) is 0 Å². The maximum atomic E-state index is 6.01. The van der Waals surface area contributed by atoms with Gasteiger partial charge in [-0.15, -0.1) is 24.0 Å². The molecule has 23 heavy (non-hydrogen) atoms. The molecule has 1 fully saturated rings. The van der Waals surface area contributed by atoms with Gasteiger partial charge in [0.25, 0.3) is 0 Å². The minimum atomic E-state index is 0. The minimum Gasteiger partial charge on any atom is -0.383 e. The van der Waals surface area contributed by atoms with Crippen molar-refractivity contribution in [1.29, 1.82) is 0 Å². The number of benzene rings is 1. The zero-order chi connectivity index (χ0) is 15.9. The quantitative estimate of drug-likeness (QED) is 0.412. The van der Waals surface area contributed by atoms with E-state index in [0.717, 1.165) is 31.9 Å². The Labute approximate surface area is 156 Å². The standard InChI is InChI=1S/C17H28N4O.HI/c1-13-6-7-15(11-14(13)2)20-17(18)19-12-16-5-4-8-21(16)9-10-22-3;/h6-7,11,16H,4-5,8-10,12H2,1-3H3,(H3,18,19,20);1H. The number of likely N-dealkylation sites (tertiary alicyclic amines) is 1. The molecule has 6 heteroatoms. The molecule has 1 aliphatic rings. The van der Waals surface area contributed by atoms with E-state index in [1.54, 1.807) is 7.11 Å². The molecule has 1 saturated heterocycles. The molecule has 1 aliphatic heterocycles. The fourth-order valence-electron chi connectivity index (χ4n) is 2.82. The van der Waals surface area contributed by atoms with Crippen LogP contribution in [0.3, 0.4) is 0 Å². The van der Waals surface area contributed by atoms with Crippen molar-refractivity contribution in [3.05, 3.63) is 29.3 Å². The van der Waals surface area contributed by atoms with Crippen LogP contribution in [0.5, 0.6) is 0 Å². The highest BCUT2D eigenvalue weighted by molar-refractivity contribution is 14.0. The van der Waals surface area contributed by atoms with Crippen molar-refractivity contribution in [2.45, 2.75) is 32.7 Å². The number of anilines is 1. The monoisotopic (exact) mass is 432 g/mol. The van der Waals surface area contributed by atoms with Crippen molar-refractivity contribution in [3.8, 4) is 0 Å². The number of nitrogens with one attached hydrogen (secondary N) is 1. The smallest absolute Gasteiger partial charge is 0.193 e. The number of halogens is 1. The van der Waals surface area contributed by atoms with Crippen LogP contribution in [0.4, 0.5) is 5.69 Å². The molecule has 1 atom stereocenters. The highest BCUT2D eigenvalue weighted by Crippen LogP contribution is 2.17. The fraction of sp³-hybridized carbons (Fsp3) is 0.588. The molecule has 2 rings (SSSR count). The molecule has 0 bridgehead atoms. The summed E-state index contributed by atoms with van der Waals surface area (Å²) in [7, 11) is 1.74. The van der Waals surface area contributed by atoms with Crippen LogP contribution in [0.15, 0.2) is 23.2 Å². The molecule has 1 aromatic rings. The molecular weight excluding hydrogens is 403 g/mol. The fourth-order valence-corrected chi connectivity index (χ4v) is 2.82. The Hall–Kier alpha value is -0.860. The molecule has 1 heterocycles. The van der Waals surface area contributed by atoms with Crippen molar-refractivity contribution in [2.24, 2.45) is 10.7 Å². The van der Waals surface area contributed by atoms with Gasteiger partial charge >= 0.3 is 0 Å². The summed E-state index contributed by atoms with van der Waals surface area (Å²) in [6.07, 6.45) is 2.42. The molecule has 3 N–H and O–H groups in total. The number of hydrogen-bond donors (Lipinski definition) is 2. The summed E-state index contributed by atoms with van der Waals surface area (Å²) in [5.74, 6) is 0.488. The van der Waals surface area contributed by atoms with E-state index in [2.05, 4.69) is 41.2 Å². The van der Waals surface area contributed by atoms with Gasteiger partial charge in [-0.05, 0) is 56.5 Å². The zero-order valence-electron chi connectivity index (χ0n) is 14.3. The molecule has 130 valence electrons. The minimum absolute atomic E-state index is 0. The van der Waals surface area contributed by atoms with Crippen LogP contribution in [-0.4, -0.2) is 50.3 Å². The number of guanidine groups is 1. The Morgan fingerprint density at radius 1 is 1.39 bits per heavy atom. The lowest BCUT2D eigenvalue weighted by molar-refractivity contribution is 0.143. The number of rotatable bonds is 6. The Kier molecular flexibility index (Phi) is 8.86. The summed E-state index contributed by atoms with van der Waals surface area (Å²) in [5.41, 5.74) is 9.53. The van der Waals surface area contributed by atoms with E-state index in [0.29, 0.717) is 12.0 Å². The molecule has 0 aliphatic carbocycles. The first-order valence-electron chi connectivity index (χ1n) is 7.97. The Bertz CT molecular complexity index is 521. The molecule has 0 amide bonds. The SMILES string of the molecule is COCCN1CCCC1CN=C(N)Nc1ccc(C)c(C)c1.I. The number of nitrogens with two attached hydrogens (primary N) is 1. The first kappa shape index (κ1) is 20.2. The second-order valence-electron chi connectivity index (χ2n) is 5.97. The summed E-state index contributed by atoms with van der Waals surface area (Å²) in [6.45, 7) is 7.82. The van der Waals surface area contributed by atoms with Gasteiger partial charge < -0.3 is 15.8 Å². The third-order valence-corrected chi connectivity index (χ3v) is 4.33. The molecule has 0 aromatic heterocycles. The van der Waals surface area contributed by atoms with E-state index in [-0.39, 0.29) is 24.0 Å². The third kappa shape index (κ3) is 6.27. The van der Waals surface area contributed by atoms with Gasteiger partial charge in [-0.25, -0.2) is 0 Å². The Balaban J connectivity index is 0.00000264. The average molecular weight is 432 g/mol. The topological polar surface area (TPSA) is 62.9 Å². The first-order valence-corrected chi connectivity index (χ1v) is 7.97. The normalized spacial score (nSPS) is 18.7. The lowest BCUT2D eigenvalue weighted by Crippen LogP contribution is -2.35. The Morgan fingerprint density at radius 2 is 2.17 bits per heavy atom. The number of methoxy groups -OCH3 is 1. The first-order chi connectivity index (χ1) is 10.6. The van der Waals surface area contributed by atoms with E-state index in [1.807, 2.05) is 6.07 Å². The van der Waals surface area contributed by atoms with Crippen molar-refractivity contribution in [3.63, 3.8) is 0 Å². The van der Waals surface area contributed by atoms with Crippen LogP contribution in [0, 0.1) is 13.8 Å². The van der Waals surface area contributed by atoms with Gasteiger partial charge in [0, 0.05) is 25.4 Å². The van der Waals surface area contributed by atoms with E-state index in [4.69, 9.17) is 10.5 Å². The third-order valence-electron chi connectivity index (χ3n) is 4.33. The van der Waals surface area contributed by atoms with E-state index in [9.17, 15) is 0 Å². The Morgan fingerprint density at radius 3 is 2.87 bits per heavy atom. The van der Waals surface area contributed by atoms with E-state index >= 15 is 0 Å². The summed E-state index contributed by atoms with van der Waals surface area (Å²) < 4.78 is 5.16. The van der Waals surface area contributed by atoms with Gasteiger partial charge in [-0.2, -0.15) is 0 Å². The van der Waals surface area contributed by atoms with Crippen LogP contribution in [0.1, 0.15) is 24.0 Å². The van der Waals surface area contributed by atoms with Gasteiger partial charge in [-0.1, -0.05) is 6.07 Å². The molecule has 0 radical (unpaired) electrons. The number of hydrogen-bond acceptors (Lipinski definition) is 3. The number of nitrogens with zero attached hydrogens (tertiary/aromatic N) is 2. The van der Waals surface area contributed by atoms with E-state index in [1.165, 1.54) is 24.0 Å². The summed E-state index contributed by atoms with van der Waals surface area (Å²) >= 11 is 0. The number of aliphatic imine (C=N–C) groups is 1. The van der Waals surface area contributed by atoms with E-state index < -0.39 is 0 Å². The van der Waals surface area contributed by atoms with Crippen LogP contribution in [-0.2, 0) is 4.74 Å². The molecule has 0 saturated carbocycles. The zero-order valence-corrected chi connectivity index (χ0v) is 16.7. The van der Waals surface area contributed by atoms with Crippen LogP contribution in [0.25, 0.3) is 0 Å². The lowest BCUT2D eigenvalue weighted by Gasteiger charge is -2.22. The van der Waals surface area contributed by atoms with Crippen molar-refractivity contribution in [1.82, 2.24) is 4.90 Å². The number of ether oxygens (including phenoxy) is 1. The molecule has 0 spiro atoms. The van der Waals surface area contributed by atoms with Crippen molar-refractivity contribution >= 4 is 35.6 Å². The molecular formula is C17H29IN4O. The maximum absolute atomic E-state index is 6.01. The van der Waals surface area contributed by atoms with Crippen molar-refractivity contribution in [2.75, 3.05) is 38.7 Å². The van der Waals surface area contributed by atoms with Gasteiger partial charge in [0.1, 0.15) is 0 Å². The second-order valence-corrected chi connectivity index (χ2v) is 5.97. The second kappa shape index (κ2) is 10.1. The van der Waals surface area contributed by atoms with Crippen LogP contribution >= 0.6 is 24.0 Å². The number of aryl methyl sites for hydroxylation is 2. The van der Waals surface area contributed by atoms with Crippen molar-refractivity contribution < 1.29 is 4.74 Å². The highest BCUT2D eigenvalue weighted by Gasteiger charge is 2.23. The van der Waals surface area contributed by atoms with Gasteiger partial charge in [0.15, 0.2) is 5.96 Å². The van der Waals surface area contributed by atoms with Gasteiger partial charge in [0.05, 0.1) is 13.2 Å². The van der Waals surface area contributed by atoms with Gasteiger partial charge in [-0.3, -0.25) is 9.89 Å². The lowest BCUT2D eigenvalue weighted by atomic mass is 10.1.